The van der Waals surface area contributed by atoms with E-state index in [0.29, 0.717) is 5.75 Å². The largest absolute Gasteiger partial charge is 0.482 e. The molecular weight excluding hydrogens is 216 g/mol. The molecule has 0 aliphatic carbocycles. The fourth-order valence-corrected chi connectivity index (χ4v) is 1.99. The lowest BCUT2D eigenvalue weighted by Gasteiger charge is -2.13. The van der Waals surface area contributed by atoms with E-state index in [1.807, 2.05) is 13.0 Å². The van der Waals surface area contributed by atoms with Gasteiger partial charge in [-0.1, -0.05) is 19.4 Å². The molecule has 0 spiro atoms. The summed E-state index contributed by atoms with van der Waals surface area (Å²) in [6.07, 6.45) is 3.23. The van der Waals surface area contributed by atoms with Crippen LogP contribution in [0.3, 0.4) is 0 Å². The van der Waals surface area contributed by atoms with Gasteiger partial charge in [-0.3, -0.25) is 4.79 Å². The summed E-state index contributed by atoms with van der Waals surface area (Å²) in [6, 6.07) is 4.05. The van der Waals surface area contributed by atoms with Crippen molar-refractivity contribution in [1.82, 2.24) is 0 Å². The number of fused-ring (bicyclic) bond motifs is 1. The number of carbonyl (C=O) groups excluding carboxylic acids is 1. The SMILES string of the molecule is CCCCc1cc(C)cc2c1OCC(=O)CO2. The number of carbonyl (C=O) groups is 1. The van der Waals surface area contributed by atoms with Crippen molar-refractivity contribution >= 4 is 5.78 Å². The quantitative estimate of drug-likeness (QED) is 0.806. The predicted molar refractivity (Wildman–Crippen MR) is 65.8 cm³/mol. The van der Waals surface area contributed by atoms with E-state index in [9.17, 15) is 4.79 Å². The van der Waals surface area contributed by atoms with Gasteiger partial charge in [-0.25, -0.2) is 0 Å². The van der Waals surface area contributed by atoms with E-state index in [4.69, 9.17) is 9.47 Å². The van der Waals surface area contributed by atoms with Gasteiger partial charge in [0.2, 0.25) is 5.78 Å². The van der Waals surface area contributed by atoms with Gasteiger partial charge in [0.15, 0.2) is 24.7 Å². The Morgan fingerprint density at radius 2 is 2.00 bits per heavy atom. The van der Waals surface area contributed by atoms with Gasteiger partial charge in [-0.05, 0) is 37.0 Å². The van der Waals surface area contributed by atoms with Crippen molar-refractivity contribution in [3.05, 3.63) is 23.3 Å². The summed E-state index contributed by atoms with van der Waals surface area (Å²) in [5, 5.41) is 0. The maximum absolute atomic E-state index is 11.3. The number of hydrogen-bond donors (Lipinski definition) is 0. The highest BCUT2D eigenvalue weighted by Gasteiger charge is 2.18. The van der Waals surface area contributed by atoms with Crippen LogP contribution in [0.1, 0.15) is 30.9 Å². The molecular formula is C14H18O3. The zero-order valence-corrected chi connectivity index (χ0v) is 10.4. The van der Waals surface area contributed by atoms with E-state index < -0.39 is 0 Å². The summed E-state index contributed by atoms with van der Waals surface area (Å²) >= 11 is 0. The van der Waals surface area contributed by atoms with E-state index in [-0.39, 0.29) is 19.0 Å². The van der Waals surface area contributed by atoms with Crippen LogP contribution in [0.2, 0.25) is 0 Å². The maximum atomic E-state index is 11.3. The average Bonchev–Trinajstić information content (AvgIpc) is 2.49. The Labute approximate surface area is 102 Å². The van der Waals surface area contributed by atoms with Crippen molar-refractivity contribution in [2.24, 2.45) is 0 Å². The van der Waals surface area contributed by atoms with Gasteiger partial charge >= 0.3 is 0 Å². The third-order valence-electron chi connectivity index (χ3n) is 2.84. The number of unbranched alkanes of at least 4 members (excludes halogenated alkanes) is 1. The Hall–Kier alpha value is -1.51. The van der Waals surface area contributed by atoms with E-state index in [2.05, 4.69) is 13.0 Å². The Bertz CT molecular complexity index is 424. The first-order valence-corrected chi connectivity index (χ1v) is 6.11. The number of ether oxygens (including phenoxy) is 2. The van der Waals surface area contributed by atoms with Crippen molar-refractivity contribution in [2.75, 3.05) is 13.2 Å². The minimum absolute atomic E-state index is 0.0136. The third-order valence-corrected chi connectivity index (χ3v) is 2.84. The molecule has 3 nitrogen and oxygen atoms in total. The van der Waals surface area contributed by atoms with E-state index in [0.717, 1.165) is 36.1 Å². The number of ketones is 1. The Balaban J connectivity index is 2.32. The smallest absolute Gasteiger partial charge is 0.207 e. The van der Waals surface area contributed by atoms with Crippen molar-refractivity contribution in [3.63, 3.8) is 0 Å². The molecule has 1 aliphatic heterocycles. The molecule has 0 unspecified atom stereocenters. The van der Waals surface area contributed by atoms with Crippen LogP contribution in [-0.2, 0) is 11.2 Å². The zero-order chi connectivity index (χ0) is 12.3. The van der Waals surface area contributed by atoms with Crippen LogP contribution in [0.4, 0.5) is 0 Å². The van der Waals surface area contributed by atoms with E-state index in [1.165, 1.54) is 0 Å². The standard InChI is InChI=1S/C14H18O3/c1-3-4-5-11-6-10(2)7-13-14(11)17-9-12(15)8-16-13/h6-7H,3-5,8-9H2,1-2H3. The lowest BCUT2D eigenvalue weighted by atomic mass is 10.0. The van der Waals surface area contributed by atoms with Crippen molar-refractivity contribution in [1.29, 1.82) is 0 Å². The van der Waals surface area contributed by atoms with E-state index >= 15 is 0 Å². The fraction of sp³-hybridized carbons (Fsp3) is 0.500. The summed E-state index contributed by atoms with van der Waals surface area (Å²) in [7, 11) is 0. The fourth-order valence-electron chi connectivity index (χ4n) is 1.99. The summed E-state index contributed by atoms with van der Waals surface area (Å²) in [6.45, 7) is 4.43. The first kappa shape index (κ1) is 12.0. The van der Waals surface area contributed by atoms with Crippen LogP contribution >= 0.6 is 0 Å². The number of hydrogen-bond acceptors (Lipinski definition) is 3. The number of benzene rings is 1. The van der Waals surface area contributed by atoms with Crippen molar-refractivity contribution in [3.8, 4) is 11.5 Å². The molecule has 0 amide bonds. The maximum Gasteiger partial charge on any atom is 0.207 e. The van der Waals surface area contributed by atoms with Gasteiger partial charge in [0, 0.05) is 0 Å². The summed E-state index contributed by atoms with van der Waals surface area (Å²) < 4.78 is 11.1. The second kappa shape index (κ2) is 5.21. The lowest BCUT2D eigenvalue weighted by Crippen LogP contribution is -2.15. The van der Waals surface area contributed by atoms with Crippen LogP contribution in [0, 0.1) is 6.92 Å². The number of Topliss-reactive ketones (excluding diaryl/α,β-unsaturated/α-hetero) is 1. The normalized spacial score (nSPS) is 14.6. The topological polar surface area (TPSA) is 35.5 Å². The molecule has 0 aromatic heterocycles. The van der Waals surface area contributed by atoms with Gasteiger partial charge in [-0.2, -0.15) is 0 Å². The minimum atomic E-state index is -0.0136. The monoisotopic (exact) mass is 234 g/mol. The molecule has 0 atom stereocenters. The molecule has 17 heavy (non-hydrogen) atoms. The molecule has 1 aliphatic rings. The molecule has 2 rings (SSSR count). The van der Waals surface area contributed by atoms with Gasteiger partial charge in [-0.15, -0.1) is 0 Å². The van der Waals surface area contributed by atoms with Crippen molar-refractivity contribution < 1.29 is 14.3 Å². The molecule has 92 valence electrons. The molecule has 0 radical (unpaired) electrons. The first-order chi connectivity index (χ1) is 8.20. The van der Waals surface area contributed by atoms with Gasteiger partial charge in [0.1, 0.15) is 0 Å². The molecule has 0 bridgehead atoms. The second-order valence-electron chi connectivity index (χ2n) is 4.47. The molecule has 0 N–H and O–H groups in total. The van der Waals surface area contributed by atoms with Gasteiger partial charge < -0.3 is 9.47 Å². The molecule has 1 heterocycles. The highest BCUT2D eigenvalue weighted by Crippen LogP contribution is 2.35. The Kier molecular flexibility index (Phi) is 3.67. The number of rotatable bonds is 3. The Morgan fingerprint density at radius 3 is 2.76 bits per heavy atom. The third kappa shape index (κ3) is 2.78. The minimum Gasteiger partial charge on any atom is -0.482 e. The highest BCUT2D eigenvalue weighted by molar-refractivity contribution is 5.82. The van der Waals surface area contributed by atoms with Gasteiger partial charge in [0.25, 0.3) is 0 Å². The van der Waals surface area contributed by atoms with E-state index in [1.54, 1.807) is 0 Å². The first-order valence-electron chi connectivity index (χ1n) is 6.11. The average molecular weight is 234 g/mol. The second-order valence-corrected chi connectivity index (χ2v) is 4.47. The highest BCUT2D eigenvalue weighted by atomic mass is 16.5. The zero-order valence-electron chi connectivity index (χ0n) is 10.4. The molecule has 1 aromatic rings. The van der Waals surface area contributed by atoms with Crippen molar-refractivity contribution in [2.45, 2.75) is 33.1 Å². The van der Waals surface area contributed by atoms with Crippen LogP contribution in [-0.4, -0.2) is 19.0 Å². The van der Waals surface area contributed by atoms with Gasteiger partial charge in [0.05, 0.1) is 0 Å². The summed E-state index contributed by atoms with van der Waals surface area (Å²) in [4.78, 5) is 11.3. The van der Waals surface area contributed by atoms with Crippen LogP contribution in [0.5, 0.6) is 11.5 Å². The molecule has 0 fully saturated rings. The number of aryl methyl sites for hydroxylation is 2. The van der Waals surface area contributed by atoms with Crippen LogP contribution in [0.15, 0.2) is 12.1 Å². The molecule has 0 saturated heterocycles. The predicted octanol–water partition coefficient (Wildman–Crippen LogP) is 2.68. The van der Waals surface area contributed by atoms with Crippen LogP contribution < -0.4 is 9.47 Å². The van der Waals surface area contributed by atoms with Crippen LogP contribution in [0.25, 0.3) is 0 Å². The Morgan fingerprint density at radius 1 is 1.24 bits per heavy atom. The molecule has 3 heteroatoms. The molecule has 1 aromatic carbocycles. The summed E-state index contributed by atoms with van der Waals surface area (Å²) in [5.74, 6) is 1.46. The lowest BCUT2D eigenvalue weighted by molar-refractivity contribution is -0.122. The molecule has 0 saturated carbocycles. The summed E-state index contributed by atoms with van der Waals surface area (Å²) in [5.41, 5.74) is 2.30.